The molecule has 0 unspecified atom stereocenters. The molecule has 11 heteroatoms. The number of hydrogen-bond donors (Lipinski definition) is 0. The maximum absolute atomic E-state index is 12.6. The average molecular weight is 440 g/mol. The van der Waals surface area contributed by atoms with E-state index in [1.165, 1.54) is 0 Å². The van der Waals surface area contributed by atoms with E-state index in [-0.39, 0.29) is 12.1 Å². The molecule has 0 nitrogen and oxygen atoms in total. The maximum Gasteiger partial charge on any atom is 0.446 e. The third-order valence-electron chi connectivity index (χ3n) is 1.93. The zero-order valence-corrected chi connectivity index (χ0v) is 11.8. The highest BCUT2D eigenvalue weighted by Gasteiger charge is 2.43. The van der Waals surface area contributed by atoms with Crippen molar-refractivity contribution in [3.05, 3.63) is 26.8 Å². The summed E-state index contributed by atoms with van der Waals surface area (Å²) < 4.78 is 111. The van der Waals surface area contributed by atoms with Gasteiger partial charge in [-0.3, -0.25) is 0 Å². The minimum absolute atomic E-state index is 0.000934. The molecule has 1 aromatic carbocycles. The first-order chi connectivity index (χ1) is 8.73. The summed E-state index contributed by atoms with van der Waals surface area (Å²) in [4.78, 5) is -1.50. The molecule has 0 spiro atoms. The van der Waals surface area contributed by atoms with Gasteiger partial charge >= 0.3 is 17.9 Å². The van der Waals surface area contributed by atoms with E-state index in [9.17, 15) is 39.5 Å². The quantitative estimate of drug-likeness (QED) is 0.296. The van der Waals surface area contributed by atoms with Crippen LogP contribution in [0.15, 0.2) is 17.0 Å². The van der Waals surface area contributed by atoms with Gasteiger partial charge in [-0.2, -0.15) is 39.5 Å². The first-order valence-electron chi connectivity index (χ1n) is 4.46. The van der Waals surface area contributed by atoms with E-state index in [1.54, 1.807) is 0 Å². The van der Waals surface area contributed by atoms with Crippen LogP contribution in [0.1, 0.15) is 11.1 Å². The molecule has 1 aromatic rings. The molecule has 0 fully saturated rings. The predicted octanol–water partition coefficient (Wildman–Crippen LogP) is 5.94. The molecular formula is C9H2F9IS. The van der Waals surface area contributed by atoms with Gasteiger partial charge in [0.15, 0.2) is 0 Å². The minimum Gasteiger partial charge on any atom is -0.166 e. The van der Waals surface area contributed by atoms with Crippen molar-refractivity contribution in [2.24, 2.45) is 0 Å². The van der Waals surface area contributed by atoms with Crippen molar-refractivity contribution in [2.45, 2.75) is 22.8 Å². The molecule has 1 rings (SSSR count). The number of alkyl halides is 9. The van der Waals surface area contributed by atoms with Crippen molar-refractivity contribution in [1.29, 1.82) is 0 Å². The third kappa shape index (κ3) is 4.33. The molecule has 0 heterocycles. The first kappa shape index (κ1) is 17.7. The van der Waals surface area contributed by atoms with Crippen molar-refractivity contribution in [3.63, 3.8) is 0 Å². The Labute approximate surface area is 123 Å². The molecule has 0 saturated heterocycles. The highest BCUT2D eigenvalue weighted by molar-refractivity contribution is 14.1. The largest absolute Gasteiger partial charge is 0.446 e. The van der Waals surface area contributed by atoms with Crippen LogP contribution in [0.5, 0.6) is 0 Å². The fourth-order valence-corrected chi connectivity index (χ4v) is 3.04. The van der Waals surface area contributed by atoms with E-state index in [2.05, 4.69) is 0 Å². The molecule has 0 saturated carbocycles. The molecule has 0 amide bonds. The normalized spacial score (nSPS) is 13.7. The highest BCUT2D eigenvalue weighted by Crippen LogP contribution is 2.48. The van der Waals surface area contributed by atoms with E-state index in [4.69, 9.17) is 0 Å². The van der Waals surface area contributed by atoms with E-state index in [0.29, 0.717) is 0 Å². The molecule has 0 aliphatic rings. The summed E-state index contributed by atoms with van der Waals surface area (Å²) in [6.45, 7) is 0. The Bertz CT molecular complexity index is 500. The Hall–Kier alpha value is -0.330. The van der Waals surface area contributed by atoms with Gasteiger partial charge in [0, 0.05) is 8.47 Å². The third-order valence-corrected chi connectivity index (χ3v) is 4.27. The lowest BCUT2D eigenvalue weighted by molar-refractivity contribution is -0.143. The summed E-state index contributed by atoms with van der Waals surface area (Å²) in [6, 6.07) is 0.115. The molecule has 0 N–H and O–H groups in total. The summed E-state index contributed by atoms with van der Waals surface area (Å²) in [7, 11) is 0. The zero-order chi connectivity index (χ0) is 15.9. The van der Waals surface area contributed by atoms with Crippen LogP contribution in [-0.2, 0) is 12.4 Å². The number of rotatable bonds is 1. The zero-order valence-electron chi connectivity index (χ0n) is 8.84. The first-order valence-corrected chi connectivity index (χ1v) is 6.35. The van der Waals surface area contributed by atoms with Crippen LogP contribution in [0.4, 0.5) is 39.5 Å². The van der Waals surface area contributed by atoms with Crippen LogP contribution >= 0.6 is 34.4 Å². The van der Waals surface area contributed by atoms with E-state index in [0.717, 1.165) is 22.6 Å². The Morgan fingerprint density at radius 1 is 0.750 bits per heavy atom. The second-order valence-electron chi connectivity index (χ2n) is 3.35. The van der Waals surface area contributed by atoms with Gasteiger partial charge in [0.05, 0.1) is 11.1 Å². The summed E-state index contributed by atoms with van der Waals surface area (Å²) in [5, 5.41) is 0. The van der Waals surface area contributed by atoms with Crippen LogP contribution in [0.3, 0.4) is 0 Å². The number of thioether (sulfide) groups is 1. The van der Waals surface area contributed by atoms with Gasteiger partial charge in [0.2, 0.25) is 0 Å². The molecule has 20 heavy (non-hydrogen) atoms. The smallest absolute Gasteiger partial charge is 0.166 e. The Balaban J connectivity index is 3.55. The average Bonchev–Trinajstić information content (AvgIpc) is 2.15. The summed E-state index contributed by atoms with van der Waals surface area (Å²) in [5.41, 5.74) is -8.43. The molecule has 0 aliphatic carbocycles. The van der Waals surface area contributed by atoms with Crippen molar-refractivity contribution >= 4 is 34.4 Å². The van der Waals surface area contributed by atoms with Crippen LogP contribution in [0.25, 0.3) is 0 Å². The summed E-state index contributed by atoms with van der Waals surface area (Å²) in [5.74, 6) is 0. The fourth-order valence-electron chi connectivity index (χ4n) is 1.21. The lowest BCUT2D eigenvalue weighted by Gasteiger charge is -2.18. The van der Waals surface area contributed by atoms with Gasteiger partial charge < -0.3 is 0 Å². The minimum atomic E-state index is -5.18. The van der Waals surface area contributed by atoms with E-state index >= 15 is 0 Å². The van der Waals surface area contributed by atoms with Crippen molar-refractivity contribution in [2.75, 3.05) is 0 Å². The van der Waals surface area contributed by atoms with Gasteiger partial charge in [-0.1, -0.05) is 0 Å². The Kier molecular flexibility index (Phi) is 4.84. The van der Waals surface area contributed by atoms with Gasteiger partial charge in [0.25, 0.3) is 0 Å². The van der Waals surface area contributed by atoms with Crippen molar-refractivity contribution in [3.8, 4) is 0 Å². The van der Waals surface area contributed by atoms with Gasteiger partial charge in [0.1, 0.15) is 0 Å². The number of halogens is 10. The summed E-state index contributed by atoms with van der Waals surface area (Å²) in [6.07, 6.45) is -10.2. The molecule has 0 atom stereocenters. The lowest BCUT2D eigenvalue weighted by Crippen LogP contribution is -2.15. The maximum atomic E-state index is 12.6. The van der Waals surface area contributed by atoms with Crippen molar-refractivity contribution < 1.29 is 39.5 Å². The second kappa shape index (κ2) is 5.46. The van der Waals surface area contributed by atoms with Crippen LogP contribution in [0.2, 0.25) is 0 Å². The molecular weight excluding hydrogens is 438 g/mol. The monoisotopic (exact) mass is 440 g/mol. The molecule has 0 aliphatic heterocycles. The standard InChI is InChI=1S/C9H2F9IS/c10-7(11,12)3-1-2-4(8(13,14)15)6(5(3)19)20-9(16,17)18/h1-2H. The predicted molar refractivity (Wildman–Crippen MR) is 61.1 cm³/mol. The molecule has 0 aromatic heterocycles. The number of hydrogen-bond acceptors (Lipinski definition) is 1. The number of benzene rings is 1. The van der Waals surface area contributed by atoms with Gasteiger partial charge in [-0.05, 0) is 46.5 Å². The SMILES string of the molecule is FC(F)(F)Sc1c(C(F)(F)F)ccc(C(F)(F)F)c1I. The Morgan fingerprint density at radius 3 is 1.50 bits per heavy atom. The van der Waals surface area contributed by atoms with Crippen LogP contribution < -0.4 is 0 Å². The Morgan fingerprint density at radius 2 is 1.15 bits per heavy atom. The molecule has 0 bridgehead atoms. The van der Waals surface area contributed by atoms with Crippen molar-refractivity contribution in [1.82, 2.24) is 0 Å². The molecule has 0 radical (unpaired) electrons. The highest BCUT2D eigenvalue weighted by atomic mass is 127. The topological polar surface area (TPSA) is 0 Å². The lowest BCUT2D eigenvalue weighted by atomic mass is 10.1. The van der Waals surface area contributed by atoms with E-state index < -0.39 is 49.2 Å². The van der Waals surface area contributed by atoms with Gasteiger partial charge in [-0.15, -0.1) is 0 Å². The van der Waals surface area contributed by atoms with E-state index in [1.807, 2.05) is 0 Å². The van der Waals surface area contributed by atoms with Crippen LogP contribution in [0, 0.1) is 3.57 Å². The fraction of sp³-hybridized carbons (Fsp3) is 0.333. The molecule has 114 valence electrons. The van der Waals surface area contributed by atoms with Gasteiger partial charge in [-0.25, -0.2) is 0 Å². The second-order valence-corrected chi connectivity index (χ2v) is 5.50. The van der Waals surface area contributed by atoms with Crippen LogP contribution in [-0.4, -0.2) is 5.51 Å². The summed E-state index contributed by atoms with van der Waals surface area (Å²) >= 11 is -0.385.